The summed E-state index contributed by atoms with van der Waals surface area (Å²) in [6, 6.07) is 8.33. The van der Waals surface area contributed by atoms with Gasteiger partial charge in [-0.1, -0.05) is 0 Å². The standard InChI is InChI=1S/C34H43FN12O4/c35-24-17-22(39-33-30(31(36)49)43-44-32(42-33)27-19-37-9-16-51-27)1-4-26(24)47-14-12-45(13-15-47)20-21-7-10-46(11-8-21)23-2-5-28(38-18-23)40-25-3-6-29(48)41-34(25)50/h1-2,4-5,17-18,21,25,27,37H,3,6-16,19-20H2,(H2,36,49)(H,38,40)(H,39,42,44)(H,41,48,50). The molecule has 270 valence electrons. The number of imide groups is 1. The highest BCUT2D eigenvalue weighted by atomic mass is 19.1. The number of rotatable bonds is 10. The Labute approximate surface area is 294 Å². The predicted molar refractivity (Wildman–Crippen MR) is 187 cm³/mol. The van der Waals surface area contributed by atoms with Crippen LogP contribution in [0.2, 0.25) is 0 Å². The second kappa shape index (κ2) is 15.5. The molecule has 17 heteroatoms. The number of benzene rings is 1. The summed E-state index contributed by atoms with van der Waals surface area (Å²) in [6.07, 6.45) is 4.35. The maximum Gasteiger partial charge on any atom is 0.273 e. The van der Waals surface area contributed by atoms with Gasteiger partial charge in [0, 0.05) is 71.0 Å². The minimum atomic E-state index is -0.794. The number of anilines is 5. The summed E-state index contributed by atoms with van der Waals surface area (Å²) in [4.78, 5) is 51.3. The van der Waals surface area contributed by atoms with Crippen LogP contribution in [-0.4, -0.2) is 114 Å². The largest absolute Gasteiger partial charge is 0.370 e. The number of hydrogen-bond acceptors (Lipinski definition) is 14. The molecule has 2 aromatic heterocycles. The summed E-state index contributed by atoms with van der Waals surface area (Å²) in [7, 11) is 0. The number of primary amides is 1. The quantitative estimate of drug-likeness (QED) is 0.189. The fourth-order valence-electron chi connectivity index (χ4n) is 7.02. The fraction of sp³-hybridized carbons (Fsp3) is 0.500. The third kappa shape index (κ3) is 8.32. The maximum atomic E-state index is 15.5. The first-order chi connectivity index (χ1) is 24.8. The van der Waals surface area contributed by atoms with Gasteiger partial charge in [0.15, 0.2) is 17.3 Å². The van der Waals surface area contributed by atoms with Gasteiger partial charge in [0.2, 0.25) is 11.8 Å². The van der Waals surface area contributed by atoms with E-state index in [1.54, 1.807) is 12.1 Å². The lowest BCUT2D eigenvalue weighted by molar-refractivity contribution is -0.133. The van der Waals surface area contributed by atoms with Crippen molar-refractivity contribution in [1.29, 1.82) is 0 Å². The van der Waals surface area contributed by atoms with Crippen molar-refractivity contribution in [2.45, 2.75) is 37.8 Å². The van der Waals surface area contributed by atoms with Gasteiger partial charge >= 0.3 is 0 Å². The average molecular weight is 703 g/mol. The fourth-order valence-corrected chi connectivity index (χ4v) is 7.02. The summed E-state index contributed by atoms with van der Waals surface area (Å²) < 4.78 is 21.2. The van der Waals surface area contributed by atoms with E-state index in [2.05, 4.69) is 56.1 Å². The summed E-state index contributed by atoms with van der Waals surface area (Å²) in [5.74, 6) is -0.117. The molecule has 0 spiro atoms. The van der Waals surface area contributed by atoms with E-state index in [1.807, 2.05) is 18.3 Å². The SMILES string of the molecule is NC(=O)c1nnc(C2CNCCO2)nc1Nc1ccc(N2CCN(CC3CCN(c4ccc(NC5CCC(=O)NC5=O)nc4)CC3)CC2)c(F)c1. The smallest absolute Gasteiger partial charge is 0.273 e. The van der Waals surface area contributed by atoms with Crippen LogP contribution in [-0.2, 0) is 14.3 Å². The van der Waals surface area contributed by atoms with E-state index in [4.69, 9.17) is 10.5 Å². The van der Waals surface area contributed by atoms with Crippen LogP contribution in [0, 0.1) is 11.7 Å². The Morgan fingerprint density at radius 3 is 2.53 bits per heavy atom. The number of nitrogens with two attached hydrogens (primary N) is 1. The molecule has 1 aromatic carbocycles. The van der Waals surface area contributed by atoms with Crippen molar-refractivity contribution in [2.24, 2.45) is 11.7 Å². The van der Waals surface area contributed by atoms with Gasteiger partial charge in [-0.3, -0.25) is 24.6 Å². The second-order valence-corrected chi connectivity index (χ2v) is 13.4. The van der Waals surface area contributed by atoms with Crippen LogP contribution in [0.25, 0.3) is 0 Å². The van der Waals surface area contributed by atoms with Gasteiger partial charge in [-0.25, -0.2) is 14.4 Å². The van der Waals surface area contributed by atoms with E-state index < -0.39 is 18.1 Å². The third-order valence-electron chi connectivity index (χ3n) is 9.88. The number of nitrogens with one attached hydrogen (secondary N) is 4. The molecule has 16 nitrogen and oxygen atoms in total. The van der Waals surface area contributed by atoms with Crippen LogP contribution in [0.3, 0.4) is 0 Å². The van der Waals surface area contributed by atoms with Gasteiger partial charge in [-0.2, -0.15) is 0 Å². The van der Waals surface area contributed by atoms with Crippen molar-refractivity contribution < 1.29 is 23.5 Å². The van der Waals surface area contributed by atoms with Gasteiger partial charge in [-0.05, 0) is 55.5 Å². The molecule has 2 unspecified atom stereocenters. The number of piperidine rings is 2. The summed E-state index contributed by atoms with van der Waals surface area (Å²) in [5, 5.41) is 19.7. The summed E-state index contributed by atoms with van der Waals surface area (Å²) in [5.41, 5.74) is 7.36. The molecule has 0 bridgehead atoms. The second-order valence-electron chi connectivity index (χ2n) is 13.4. The zero-order chi connectivity index (χ0) is 35.3. The number of carbonyl (C=O) groups is 3. The van der Waals surface area contributed by atoms with Crippen LogP contribution in [0.5, 0.6) is 0 Å². The van der Waals surface area contributed by atoms with Crippen molar-refractivity contribution in [3.8, 4) is 0 Å². The third-order valence-corrected chi connectivity index (χ3v) is 9.88. The zero-order valence-corrected chi connectivity index (χ0v) is 28.3. The number of morpholine rings is 1. The Balaban J connectivity index is 0.873. The van der Waals surface area contributed by atoms with Crippen LogP contribution in [0.1, 0.15) is 48.1 Å². The van der Waals surface area contributed by atoms with Gasteiger partial charge in [0.1, 0.15) is 23.8 Å². The van der Waals surface area contributed by atoms with Crippen LogP contribution in [0.15, 0.2) is 36.5 Å². The number of amides is 3. The average Bonchev–Trinajstić information content (AvgIpc) is 3.14. The number of ether oxygens (including phenoxy) is 1. The molecule has 0 radical (unpaired) electrons. The minimum absolute atomic E-state index is 0.0992. The molecular weight excluding hydrogens is 659 g/mol. The maximum absolute atomic E-state index is 15.5. The lowest BCUT2D eigenvalue weighted by Crippen LogP contribution is -2.49. The molecule has 4 aliphatic rings. The highest BCUT2D eigenvalue weighted by Crippen LogP contribution is 2.29. The lowest BCUT2D eigenvalue weighted by Gasteiger charge is -2.40. The van der Waals surface area contributed by atoms with Gasteiger partial charge in [-0.15, -0.1) is 10.2 Å². The molecule has 6 heterocycles. The molecule has 3 amide bonds. The summed E-state index contributed by atoms with van der Waals surface area (Å²) in [6.45, 7) is 7.76. The first-order valence-electron chi connectivity index (χ1n) is 17.5. The Bertz CT molecular complexity index is 1720. The molecule has 0 aliphatic carbocycles. The zero-order valence-electron chi connectivity index (χ0n) is 28.3. The highest BCUT2D eigenvalue weighted by Gasteiger charge is 2.28. The Morgan fingerprint density at radius 1 is 1.02 bits per heavy atom. The molecule has 0 saturated carbocycles. The topological polar surface area (TPSA) is 196 Å². The molecule has 3 aromatic rings. The van der Waals surface area contributed by atoms with Crippen molar-refractivity contribution >= 4 is 46.4 Å². The monoisotopic (exact) mass is 702 g/mol. The van der Waals surface area contributed by atoms with Crippen LogP contribution < -0.4 is 36.8 Å². The number of piperazine rings is 1. The number of halogens is 1. The van der Waals surface area contributed by atoms with E-state index in [0.29, 0.717) is 68.0 Å². The molecular formula is C34H43FN12O4. The molecule has 2 atom stereocenters. The van der Waals surface area contributed by atoms with E-state index in [-0.39, 0.29) is 29.1 Å². The first kappa shape index (κ1) is 34.4. The normalized spacial score (nSPS) is 22.1. The Morgan fingerprint density at radius 2 is 1.84 bits per heavy atom. The van der Waals surface area contributed by atoms with E-state index in [0.717, 1.165) is 57.8 Å². The summed E-state index contributed by atoms with van der Waals surface area (Å²) >= 11 is 0. The predicted octanol–water partition coefficient (Wildman–Crippen LogP) is 1.16. The lowest BCUT2D eigenvalue weighted by atomic mass is 9.95. The minimum Gasteiger partial charge on any atom is -0.370 e. The van der Waals surface area contributed by atoms with E-state index in [1.165, 1.54) is 6.07 Å². The number of hydrogen-bond donors (Lipinski definition) is 5. The number of carbonyl (C=O) groups excluding carboxylic acids is 3. The van der Waals surface area contributed by atoms with E-state index >= 15 is 4.39 Å². The molecule has 7 rings (SSSR count). The Kier molecular flexibility index (Phi) is 10.5. The molecule has 6 N–H and O–H groups in total. The van der Waals surface area contributed by atoms with Crippen LogP contribution >= 0.6 is 0 Å². The Hall–Kier alpha value is -5.00. The molecule has 4 fully saturated rings. The van der Waals surface area contributed by atoms with Crippen molar-refractivity contribution in [3.63, 3.8) is 0 Å². The number of nitrogens with zero attached hydrogens (tertiary/aromatic N) is 7. The van der Waals surface area contributed by atoms with E-state index in [9.17, 15) is 14.4 Å². The molecule has 4 saturated heterocycles. The highest BCUT2D eigenvalue weighted by molar-refractivity contribution is 6.01. The van der Waals surface area contributed by atoms with Crippen molar-refractivity contribution in [1.82, 2.24) is 35.7 Å². The van der Waals surface area contributed by atoms with Gasteiger partial charge in [0.05, 0.1) is 24.2 Å². The molecule has 4 aliphatic heterocycles. The number of aromatic nitrogens is 4. The van der Waals surface area contributed by atoms with Gasteiger partial charge in [0.25, 0.3) is 5.91 Å². The molecule has 51 heavy (non-hydrogen) atoms. The van der Waals surface area contributed by atoms with Gasteiger partial charge < -0.3 is 36.2 Å². The van der Waals surface area contributed by atoms with Crippen LogP contribution in [0.4, 0.5) is 33.1 Å². The van der Waals surface area contributed by atoms with Crippen molar-refractivity contribution in [3.05, 3.63) is 53.9 Å². The first-order valence-corrected chi connectivity index (χ1v) is 17.5. The van der Waals surface area contributed by atoms with Crippen molar-refractivity contribution in [2.75, 3.05) is 85.9 Å². The number of pyridine rings is 1.